The third kappa shape index (κ3) is 2.21. The first-order chi connectivity index (χ1) is 7.70. The van der Waals surface area contributed by atoms with Crippen LogP contribution in [-0.2, 0) is 13.1 Å². The van der Waals surface area contributed by atoms with Gasteiger partial charge >= 0.3 is 0 Å². The molecule has 0 aromatic carbocycles. The summed E-state index contributed by atoms with van der Waals surface area (Å²) in [6.45, 7) is 3.17. The molecule has 2 aromatic heterocycles. The maximum atomic E-state index is 11.6. The molecule has 84 valence electrons. The van der Waals surface area contributed by atoms with Crippen LogP contribution < -0.4 is 5.56 Å². The van der Waals surface area contributed by atoms with Crippen molar-refractivity contribution in [3.8, 4) is 0 Å². The molecule has 6 heteroatoms. The SMILES string of the molecule is CCn1ncnc1Cn1cc(Br)ccc1=O. The first-order valence-electron chi connectivity index (χ1n) is 4.93. The molecule has 0 spiro atoms. The minimum atomic E-state index is -0.0474. The standard InChI is InChI=1S/C10H11BrN4O/c1-2-15-9(12-7-13-15)6-14-5-8(11)3-4-10(14)16/h3-5,7H,2,6H2,1H3. The van der Waals surface area contributed by atoms with E-state index in [4.69, 9.17) is 0 Å². The van der Waals surface area contributed by atoms with Gasteiger partial charge < -0.3 is 4.57 Å². The van der Waals surface area contributed by atoms with E-state index in [-0.39, 0.29) is 5.56 Å². The Labute approximate surface area is 101 Å². The summed E-state index contributed by atoms with van der Waals surface area (Å²) in [5.74, 6) is 0.780. The minimum absolute atomic E-state index is 0.0474. The van der Waals surface area contributed by atoms with Crippen molar-refractivity contribution in [3.05, 3.63) is 45.3 Å². The third-order valence-electron chi connectivity index (χ3n) is 2.25. The molecule has 0 aliphatic rings. The lowest BCUT2D eigenvalue weighted by atomic mass is 10.4. The first kappa shape index (κ1) is 11.1. The molecule has 0 saturated heterocycles. The first-order valence-corrected chi connectivity index (χ1v) is 5.72. The summed E-state index contributed by atoms with van der Waals surface area (Å²) in [7, 11) is 0. The van der Waals surface area contributed by atoms with Crippen LogP contribution in [0, 0.1) is 0 Å². The Morgan fingerprint density at radius 3 is 3.00 bits per heavy atom. The summed E-state index contributed by atoms with van der Waals surface area (Å²) in [5, 5.41) is 4.06. The van der Waals surface area contributed by atoms with E-state index in [2.05, 4.69) is 26.0 Å². The quantitative estimate of drug-likeness (QED) is 0.852. The fourth-order valence-corrected chi connectivity index (χ4v) is 1.83. The highest BCUT2D eigenvalue weighted by Gasteiger charge is 2.04. The van der Waals surface area contributed by atoms with Crippen molar-refractivity contribution in [3.63, 3.8) is 0 Å². The normalized spacial score (nSPS) is 10.6. The Bertz CT molecular complexity index is 546. The molecule has 5 nitrogen and oxygen atoms in total. The highest BCUT2D eigenvalue weighted by molar-refractivity contribution is 9.10. The van der Waals surface area contributed by atoms with Gasteiger partial charge in [0.15, 0.2) is 0 Å². The van der Waals surface area contributed by atoms with E-state index in [1.165, 1.54) is 12.4 Å². The third-order valence-corrected chi connectivity index (χ3v) is 2.72. The van der Waals surface area contributed by atoms with Crippen LogP contribution in [0.1, 0.15) is 12.7 Å². The number of halogens is 1. The molecule has 0 unspecified atom stereocenters. The van der Waals surface area contributed by atoms with Gasteiger partial charge in [-0.3, -0.25) is 4.79 Å². The van der Waals surface area contributed by atoms with Gasteiger partial charge in [0.2, 0.25) is 0 Å². The van der Waals surface area contributed by atoms with Gasteiger partial charge in [-0.15, -0.1) is 0 Å². The Balaban J connectivity index is 2.33. The van der Waals surface area contributed by atoms with Crippen LogP contribution in [0.4, 0.5) is 0 Å². The number of aryl methyl sites for hydroxylation is 1. The second-order valence-electron chi connectivity index (χ2n) is 3.31. The molecular weight excluding hydrogens is 272 g/mol. The smallest absolute Gasteiger partial charge is 0.250 e. The van der Waals surface area contributed by atoms with Crippen molar-refractivity contribution in [2.45, 2.75) is 20.0 Å². The zero-order valence-corrected chi connectivity index (χ0v) is 10.4. The van der Waals surface area contributed by atoms with Crippen molar-refractivity contribution in [1.82, 2.24) is 19.3 Å². The van der Waals surface area contributed by atoms with Crippen LogP contribution in [0.3, 0.4) is 0 Å². The zero-order chi connectivity index (χ0) is 11.5. The molecule has 0 bridgehead atoms. The van der Waals surface area contributed by atoms with Crippen molar-refractivity contribution in [2.24, 2.45) is 0 Å². The lowest BCUT2D eigenvalue weighted by molar-refractivity contribution is 0.585. The van der Waals surface area contributed by atoms with E-state index in [1.807, 2.05) is 6.92 Å². The van der Waals surface area contributed by atoms with E-state index < -0.39 is 0 Å². The van der Waals surface area contributed by atoms with Gasteiger partial charge in [-0.2, -0.15) is 5.10 Å². The Morgan fingerprint density at radius 1 is 1.44 bits per heavy atom. The van der Waals surface area contributed by atoms with Gasteiger partial charge in [-0.05, 0) is 28.9 Å². The molecule has 0 atom stereocenters. The molecule has 0 amide bonds. The number of pyridine rings is 1. The molecule has 2 rings (SSSR count). The monoisotopic (exact) mass is 282 g/mol. The molecule has 0 N–H and O–H groups in total. The van der Waals surface area contributed by atoms with Crippen molar-refractivity contribution in [1.29, 1.82) is 0 Å². The molecule has 0 aliphatic carbocycles. The average Bonchev–Trinajstić information content (AvgIpc) is 2.71. The van der Waals surface area contributed by atoms with Gasteiger partial charge in [-0.1, -0.05) is 0 Å². The summed E-state index contributed by atoms with van der Waals surface area (Å²) < 4.78 is 4.24. The van der Waals surface area contributed by atoms with Crippen molar-refractivity contribution >= 4 is 15.9 Å². The van der Waals surface area contributed by atoms with Crippen molar-refractivity contribution < 1.29 is 0 Å². The predicted octanol–water partition coefficient (Wildman–Crippen LogP) is 1.27. The van der Waals surface area contributed by atoms with Crippen LogP contribution in [0.25, 0.3) is 0 Å². The van der Waals surface area contributed by atoms with Gasteiger partial charge in [0.1, 0.15) is 12.2 Å². The highest BCUT2D eigenvalue weighted by atomic mass is 79.9. The van der Waals surface area contributed by atoms with E-state index in [0.29, 0.717) is 6.54 Å². The fourth-order valence-electron chi connectivity index (χ4n) is 1.45. The number of aromatic nitrogens is 4. The topological polar surface area (TPSA) is 52.7 Å². The Hall–Kier alpha value is -1.43. The van der Waals surface area contributed by atoms with Crippen LogP contribution in [0.15, 0.2) is 33.9 Å². The molecule has 0 saturated carbocycles. The van der Waals surface area contributed by atoms with Crippen LogP contribution in [0.5, 0.6) is 0 Å². The van der Waals surface area contributed by atoms with E-state index in [1.54, 1.807) is 21.5 Å². The highest BCUT2D eigenvalue weighted by Crippen LogP contribution is 2.06. The summed E-state index contributed by atoms with van der Waals surface area (Å²) in [6.07, 6.45) is 3.25. The molecular formula is C10H11BrN4O. The van der Waals surface area contributed by atoms with Gasteiger partial charge in [0, 0.05) is 23.3 Å². The second-order valence-corrected chi connectivity index (χ2v) is 4.22. The molecule has 2 aromatic rings. The predicted molar refractivity (Wildman–Crippen MR) is 63.2 cm³/mol. The lowest BCUT2D eigenvalue weighted by Crippen LogP contribution is -2.21. The molecule has 16 heavy (non-hydrogen) atoms. The summed E-state index contributed by atoms with van der Waals surface area (Å²) >= 11 is 3.33. The Morgan fingerprint density at radius 2 is 2.25 bits per heavy atom. The van der Waals surface area contributed by atoms with Crippen molar-refractivity contribution in [2.75, 3.05) is 0 Å². The maximum absolute atomic E-state index is 11.6. The number of nitrogens with zero attached hydrogens (tertiary/aromatic N) is 4. The Kier molecular flexibility index (Phi) is 3.19. The minimum Gasteiger partial charge on any atom is -0.307 e. The number of hydrogen-bond donors (Lipinski definition) is 0. The summed E-state index contributed by atoms with van der Waals surface area (Å²) in [5.41, 5.74) is -0.0474. The van der Waals surface area contributed by atoms with Gasteiger partial charge in [0.05, 0.1) is 6.54 Å². The van der Waals surface area contributed by atoms with E-state index in [0.717, 1.165) is 16.8 Å². The average molecular weight is 283 g/mol. The molecule has 0 radical (unpaired) electrons. The lowest BCUT2D eigenvalue weighted by Gasteiger charge is -2.06. The molecule has 0 fully saturated rings. The van der Waals surface area contributed by atoms with Gasteiger partial charge in [-0.25, -0.2) is 9.67 Å². The molecule has 0 aliphatic heterocycles. The van der Waals surface area contributed by atoms with E-state index >= 15 is 0 Å². The zero-order valence-electron chi connectivity index (χ0n) is 8.80. The van der Waals surface area contributed by atoms with Crippen LogP contribution in [0.2, 0.25) is 0 Å². The molecule has 2 heterocycles. The fraction of sp³-hybridized carbons (Fsp3) is 0.300. The maximum Gasteiger partial charge on any atom is 0.250 e. The number of rotatable bonds is 3. The summed E-state index contributed by atoms with van der Waals surface area (Å²) in [4.78, 5) is 15.7. The van der Waals surface area contributed by atoms with Crippen LogP contribution in [-0.4, -0.2) is 19.3 Å². The van der Waals surface area contributed by atoms with Gasteiger partial charge in [0.25, 0.3) is 5.56 Å². The van der Waals surface area contributed by atoms with Crippen LogP contribution >= 0.6 is 15.9 Å². The largest absolute Gasteiger partial charge is 0.307 e. The van der Waals surface area contributed by atoms with E-state index in [9.17, 15) is 4.79 Å². The summed E-state index contributed by atoms with van der Waals surface area (Å²) in [6, 6.07) is 3.25. The number of hydrogen-bond acceptors (Lipinski definition) is 3. The second kappa shape index (κ2) is 4.61.